The molecule has 0 atom stereocenters. The summed E-state index contributed by atoms with van der Waals surface area (Å²) in [6.45, 7) is 0.864. The van der Waals surface area contributed by atoms with E-state index in [0.717, 1.165) is 17.0 Å². The first-order valence-electron chi connectivity index (χ1n) is 6.04. The highest BCUT2D eigenvalue weighted by Crippen LogP contribution is 2.26. The van der Waals surface area contributed by atoms with Gasteiger partial charge >= 0.3 is 0 Å². The quantitative estimate of drug-likeness (QED) is 0.814. The summed E-state index contributed by atoms with van der Waals surface area (Å²) in [5.41, 5.74) is 1.92. The molecule has 0 aromatic heterocycles. The Morgan fingerprint density at radius 3 is 2.65 bits per heavy atom. The van der Waals surface area contributed by atoms with Gasteiger partial charge in [0.1, 0.15) is 12.4 Å². The minimum absolute atomic E-state index is 0.254. The Balaban J connectivity index is 2.06. The summed E-state index contributed by atoms with van der Waals surface area (Å²) in [4.78, 5) is 0. The van der Waals surface area contributed by atoms with Crippen molar-refractivity contribution >= 4 is 28.9 Å². The lowest BCUT2D eigenvalue weighted by Gasteiger charge is -2.11. The molecular weight excluding hydrogens is 293 g/mol. The molecule has 1 N–H and O–H groups in total. The molecule has 20 heavy (non-hydrogen) atoms. The van der Waals surface area contributed by atoms with Crippen LogP contribution in [0.25, 0.3) is 0 Å². The first kappa shape index (κ1) is 14.6. The lowest BCUT2D eigenvalue weighted by Crippen LogP contribution is -2.03. The van der Waals surface area contributed by atoms with Crippen molar-refractivity contribution in [3.05, 3.63) is 58.1 Å². The van der Waals surface area contributed by atoms with Crippen LogP contribution in [0.5, 0.6) is 5.75 Å². The van der Waals surface area contributed by atoms with Crippen LogP contribution in [-0.4, -0.2) is 6.61 Å². The average molecular weight is 306 g/mol. The smallest absolute Gasteiger partial charge is 0.148 e. The molecule has 0 bridgehead atoms. The van der Waals surface area contributed by atoms with Crippen LogP contribution in [0.15, 0.2) is 42.5 Å². The summed E-state index contributed by atoms with van der Waals surface area (Å²) in [5.74, 6) is 3.23. The van der Waals surface area contributed by atoms with E-state index >= 15 is 0 Å². The molecule has 0 fully saturated rings. The molecule has 2 rings (SSSR count). The molecule has 2 aromatic carbocycles. The van der Waals surface area contributed by atoms with Crippen LogP contribution in [-0.2, 0) is 6.54 Å². The number of ether oxygens (including phenoxy) is 1. The van der Waals surface area contributed by atoms with Crippen molar-refractivity contribution in [3.8, 4) is 18.1 Å². The van der Waals surface area contributed by atoms with E-state index in [1.807, 2.05) is 30.3 Å². The zero-order valence-corrected chi connectivity index (χ0v) is 12.2. The van der Waals surface area contributed by atoms with Crippen molar-refractivity contribution in [2.75, 3.05) is 11.9 Å². The van der Waals surface area contributed by atoms with Gasteiger partial charge in [0.2, 0.25) is 0 Å². The Bertz CT molecular complexity index is 635. The number of rotatable bonds is 5. The second-order valence-electron chi connectivity index (χ2n) is 4.08. The van der Waals surface area contributed by atoms with E-state index in [-0.39, 0.29) is 6.61 Å². The molecule has 0 aliphatic rings. The summed E-state index contributed by atoms with van der Waals surface area (Å²) in [6, 6.07) is 13.2. The number of hydrogen-bond donors (Lipinski definition) is 1. The molecule has 0 heterocycles. The molecular formula is C16H13Cl2NO. The van der Waals surface area contributed by atoms with Gasteiger partial charge in [-0.3, -0.25) is 0 Å². The maximum Gasteiger partial charge on any atom is 0.148 e. The summed E-state index contributed by atoms with van der Waals surface area (Å²) >= 11 is 11.9. The molecule has 0 radical (unpaired) electrons. The van der Waals surface area contributed by atoms with Crippen molar-refractivity contribution in [3.63, 3.8) is 0 Å². The van der Waals surface area contributed by atoms with Crippen LogP contribution in [0, 0.1) is 12.3 Å². The number of hydrogen-bond acceptors (Lipinski definition) is 2. The lowest BCUT2D eigenvalue weighted by atomic mass is 10.2. The molecule has 2 aromatic rings. The molecule has 0 aliphatic heterocycles. The minimum Gasteiger partial charge on any atom is -0.481 e. The molecule has 0 spiro atoms. The summed E-state index contributed by atoms with van der Waals surface area (Å²) in [5, 5.41) is 4.33. The maximum absolute atomic E-state index is 5.98. The average Bonchev–Trinajstić information content (AvgIpc) is 2.47. The second-order valence-corrected chi connectivity index (χ2v) is 4.90. The van der Waals surface area contributed by atoms with Gasteiger partial charge in [0, 0.05) is 17.8 Å². The van der Waals surface area contributed by atoms with Crippen LogP contribution in [0.2, 0.25) is 10.0 Å². The molecule has 0 saturated carbocycles. The highest BCUT2D eigenvalue weighted by Gasteiger charge is 2.03. The number of halogens is 2. The lowest BCUT2D eigenvalue weighted by molar-refractivity contribution is 0.366. The third-order valence-corrected chi connectivity index (χ3v) is 3.43. The van der Waals surface area contributed by atoms with Crippen LogP contribution < -0.4 is 10.1 Å². The minimum atomic E-state index is 0.254. The second kappa shape index (κ2) is 7.09. The Hall–Kier alpha value is -1.82. The molecule has 4 heteroatoms. The van der Waals surface area contributed by atoms with Gasteiger partial charge in [-0.15, -0.1) is 6.42 Å². The van der Waals surface area contributed by atoms with Crippen LogP contribution >= 0.6 is 23.2 Å². The fourth-order valence-electron chi connectivity index (χ4n) is 1.71. The number of terminal acetylenes is 1. The first-order valence-corrected chi connectivity index (χ1v) is 6.79. The van der Waals surface area contributed by atoms with Gasteiger partial charge in [-0.1, -0.05) is 47.3 Å². The predicted molar refractivity (Wildman–Crippen MR) is 84.6 cm³/mol. The van der Waals surface area contributed by atoms with Gasteiger partial charge in [0.25, 0.3) is 0 Å². The van der Waals surface area contributed by atoms with Crippen molar-refractivity contribution < 1.29 is 4.74 Å². The van der Waals surface area contributed by atoms with Gasteiger partial charge in [0.15, 0.2) is 0 Å². The van der Waals surface area contributed by atoms with Gasteiger partial charge in [-0.2, -0.15) is 0 Å². The molecule has 0 saturated heterocycles. The van der Waals surface area contributed by atoms with E-state index in [9.17, 15) is 0 Å². The van der Waals surface area contributed by atoms with Crippen molar-refractivity contribution in [1.82, 2.24) is 0 Å². The van der Waals surface area contributed by atoms with Gasteiger partial charge < -0.3 is 10.1 Å². The van der Waals surface area contributed by atoms with Crippen LogP contribution in [0.3, 0.4) is 0 Å². The van der Waals surface area contributed by atoms with Gasteiger partial charge in [0.05, 0.1) is 10.0 Å². The van der Waals surface area contributed by atoms with E-state index in [1.165, 1.54) is 0 Å². The number of benzene rings is 2. The number of anilines is 1. The van der Waals surface area contributed by atoms with E-state index in [0.29, 0.717) is 16.6 Å². The normalized spacial score (nSPS) is 9.85. The monoisotopic (exact) mass is 305 g/mol. The largest absolute Gasteiger partial charge is 0.481 e. The molecule has 0 aliphatic carbocycles. The van der Waals surface area contributed by atoms with Crippen LogP contribution in [0.4, 0.5) is 5.69 Å². The zero-order chi connectivity index (χ0) is 14.4. The third-order valence-electron chi connectivity index (χ3n) is 2.69. The maximum atomic E-state index is 5.98. The first-order chi connectivity index (χ1) is 9.70. The summed E-state index contributed by atoms with van der Waals surface area (Å²) < 4.78 is 5.49. The van der Waals surface area contributed by atoms with Crippen molar-refractivity contribution in [1.29, 1.82) is 0 Å². The SMILES string of the molecule is C#CCOc1ccccc1CNc1ccc(Cl)c(Cl)c1. The Kier molecular flexibility index (Phi) is 5.17. The van der Waals surface area contributed by atoms with Gasteiger partial charge in [-0.05, 0) is 24.3 Å². The Morgan fingerprint density at radius 2 is 1.90 bits per heavy atom. The van der Waals surface area contributed by atoms with E-state index in [1.54, 1.807) is 12.1 Å². The highest BCUT2D eigenvalue weighted by atomic mass is 35.5. The summed E-state index contributed by atoms with van der Waals surface area (Å²) in [6.07, 6.45) is 5.20. The molecule has 102 valence electrons. The van der Waals surface area contributed by atoms with E-state index < -0.39 is 0 Å². The fraction of sp³-hybridized carbons (Fsp3) is 0.125. The fourth-order valence-corrected chi connectivity index (χ4v) is 2.01. The Labute approximate surface area is 128 Å². The number of nitrogens with one attached hydrogen (secondary N) is 1. The summed E-state index contributed by atoms with van der Waals surface area (Å²) in [7, 11) is 0. The van der Waals surface area contributed by atoms with Crippen molar-refractivity contribution in [2.45, 2.75) is 6.54 Å². The third kappa shape index (κ3) is 3.84. The van der Waals surface area contributed by atoms with E-state index in [2.05, 4.69) is 11.2 Å². The topological polar surface area (TPSA) is 21.3 Å². The molecule has 2 nitrogen and oxygen atoms in total. The number of para-hydroxylation sites is 1. The molecule has 0 amide bonds. The Morgan fingerprint density at radius 1 is 1.10 bits per heavy atom. The predicted octanol–water partition coefficient (Wildman–Crippen LogP) is 4.62. The van der Waals surface area contributed by atoms with E-state index in [4.69, 9.17) is 34.4 Å². The molecule has 0 unspecified atom stereocenters. The van der Waals surface area contributed by atoms with Crippen LogP contribution in [0.1, 0.15) is 5.56 Å². The zero-order valence-electron chi connectivity index (χ0n) is 10.7. The van der Waals surface area contributed by atoms with Gasteiger partial charge in [-0.25, -0.2) is 0 Å². The highest BCUT2D eigenvalue weighted by molar-refractivity contribution is 6.42. The van der Waals surface area contributed by atoms with Crippen molar-refractivity contribution in [2.24, 2.45) is 0 Å². The standard InChI is InChI=1S/C16H13Cl2NO/c1-2-9-20-16-6-4-3-5-12(16)11-19-13-7-8-14(17)15(18)10-13/h1,3-8,10,19H,9,11H2.